The van der Waals surface area contributed by atoms with E-state index in [1.165, 1.54) is 0 Å². The van der Waals surface area contributed by atoms with Crippen molar-refractivity contribution in [2.45, 2.75) is 26.3 Å². The molecule has 2 aliphatic heterocycles. The Hall–Kier alpha value is -1.77. The molecule has 0 bridgehead atoms. The third-order valence-electron chi connectivity index (χ3n) is 3.87. The SMILES string of the molecule is Cc1ccc2c(c1)NC(C)(C)C(=S)C2=C1SC(C(=O)O)=C(C(=O)O)S1. The second kappa shape index (κ2) is 6.19. The predicted octanol–water partition coefficient (Wildman–Crippen LogP) is 4.10. The van der Waals surface area contributed by atoms with Crippen LogP contribution in [-0.4, -0.2) is 32.6 Å². The molecule has 0 atom stereocenters. The minimum absolute atomic E-state index is 0.173. The molecule has 0 amide bonds. The first-order valence-corrected chi connectivity index (χ1v) is 9.41. The molecule has 0 unspecified atom stereocenters. The van der Waals surface area contributed by atoms with Crippen LogP contribution < -0.4 is 5.32 Å². The fraction of sp³-hybridized carbons (Fsp3) is 0.235. The van der Waals surface area contributed by atoms with E-state index in [0.717, 1.165) is 45.9 Å². The lowest BCUT2D eigenvalue weighted by Gasteiger charge is -2.37. The van der Waals surface area contributed by atoms with Gasteiger partial charge in [0.15, 0.2) is 0 Å². The maximum absolute atomic E-state index is 11.4. The van der Waals surface area contributed by atoms with Crippen molar-refractivity contribution in [2.24, 2.45) is 0 Å². The Morgan fingerprint density at radius 1 is 1.12 bits per heavy atom. The first-order chi connectivity index (χ1) is 11.6. The van der Waals surface area contributed by atoms with Gasteiger partial charge in [0, 0.05) is 21.7 Å². The zero-order valence-corrected chi connectivity index (χ0v) is 16.1. The van der Waals surface area contributed by atoms with E-state index in [2.05, 4.69) is 5.32 Å². The maximum atomic E-state index is 11.4. The van der Waals surface area contributed by atoms with Crippen LogP contribution in [0.15, 0.2) is 32.2 Å². The molecule has 130 valence electrons. The van der Waals surface area contributed by atoms with Gasteiger partial charge in [-0.25, -0.2) is 9.59 Å². The average molecular weight is 394 g/mol. The van der Waals surface area contributed by atoms with Crippen molar-refractivity contribution in [3.8, 4) is 0 Å². The van der Waals surface area contributed by atoms with E-state index in [1.54, 1.807) is 0 Å². The average Bonchev–Trinajstić information content (AvgIpc) is 2.93. The van der Waals surface area contributed by atoms with Gasteiger partial charge in [-0.15, -0.1) is 0 Å². The van der Waals surface area contributed by atoms with Gasteiger partial charge >= 0.3 is 11.9 Å². The lowest BCUT2D eigenvalue weighted by Crippen LogP contribution is -2.43. The number of carboxylic acid groups (broad SMARTS) is 2. The van der Waals surface area contributed by atoms with Crippen LogP contribution in [0, 0.1) is 6.92 Å². The Bertz CT molecular complexity index is 871. The molecular formula is C17H15NO4S3. The Balaban J connectivity index is 2.20. The fourth-order valence-corrected chi connectivity index (χ4v) is 5.54. The summed E-state index contributed by atoms with van der Waals surface area (Å²) in [6.45, 7) is 5.89. The van der Waals surface area contributed by atoms with E-state index in [1.807, 2.05) is 39.0 Å². The number of aryl methyl sites for hydroxylation is 1. The first kappa shape index (κ1) is 18.0. The summed E-state index contributed by atoms with van der Waals surface area (Å²) in [5.74, 6) is -2.48. The van der Waals surface area contributed by atoms with Crippen molar-refractivity contribution in [3.05, 3.63) is 43.4 Å². The fourth-order valence-electron chi connectivity index (χ4n) is 2.69. The zero-order valence-electron chi connectivity index (χ0n) is 13.7. The third-order valence-corrected chi connectivity index (χ3v) is 7.16. The second-order valence-electron chi connectivity index (χ2n) is 6.26. The number of benzene rings is 1. The summed E-state index contributed by atoms with van der Waals surface area (Å²) in [6, 6.07) is 5.89. The number of hydrogen-bond donors (Lipinski definition) is 3. The quantitative estimate of drug-likeness (QED) is 0.511. The van der Waals surface area contributed by atoms with Gasteiger partial charge in [-0.2, -0.15) is 0 Å². The summed E-state index contributed by atoms with van der Waals surface area (Å²) in [5, 5.41) is 22.1. The molecule has 5 nitrogen and oxygen atoms in total. The number of carbonyl (C=O) groups is 2. The van der Waals surface area contributed by atoms with E-state index in [-0.39, 0.29) is 9.81 Å². The topological polar surface area (TPSA) is 86.6 Å². The summed E-state index contributed by atoms with van der Waals surface area (Å²) < 4.78 is 0.597. The van der Waals surface area contributed by atoms with E-state index in [9.17, 15) is 19.8 Å². The van der Waals surface area contributed by atoms with Crippen molar-refractivity contribution in [1.82, 2.24) is 0 Å². The number of thiocarbonyl (C=S) groups is 1. The summed E-state index contributed by atoms with van der Waals surface area (Å²) in [5.41, 5.74) is 3.08. The highest BCUT2D eigenvalue weighted by molar-refractivity contribution is 8.29. The van der Waals surface area contributed by atoms with Crippen LogP contribution in [0.5, 0.6) is 0 Å². The Morgan fingerprint density at radius 2 is 1.68 bits per heavy atom. The van der Waals surface area contributed by atoms with Crippen molar-refractivity contribution >= 4 is 63.8 Å². The highest BCUT2D eigenvalue weighted by Gasteiger charge is 2.39. The highest BCUT2D eigenvalue weighted by atomic mass is 32.2. The van der Waals surface area contributed by atoms with Crippen molar-refractivity contribution in [3.63, 3.8) is 0 Å². The van der Waals surface area contributed by atoms with Crippen LogP contribution in [-0.2, 0) is 9.59 Å². The summed E-state index contributed by atoms with van der Waals surface area (Å²) in [6.07, 6.45) is 0. The van der Waals surface area contributed by atoms with E-state index in [0.29, 0.717) is 9.10 Å². The second-order valence-corrected chi connectivity index (χ2v) is 8.97. The molecule has 1 aromatic carbocycles. The largest absolute Gasteiger partial charge is 0.477 e. The van der Waals surface area contributed by atoms with Gasteiger partial charge < -0.3 is 15.5 Å². The third kappa shape index (κ3) is 3.09. The molecule has 8 heteroatoms. The van der Waals surface area contributed by atoms with Crippen LogP contribution in [0.2, 0.25) is 0 Å². The molecule has 0 spiro atoms. The van der Waals surface area contributed by atoms with Gasteiger partial charge in [0.05, 0.1) is 9.78 Å². The number of aliphatic carboxylic acids is 2. The highest BCUT2D eigenvalue weighted by Crippen LogP contribution is 2.54. The molecule has 0 radical (unpaired) electrons. The van der Waals surface area contributed by atoms with Crippen LogP contribution in [0.4, 0.5) is 5.69 Å². The number of carboxylic acids is 2. The first-order valence-electron chi connectivity index (χ1n) is 7.36. The molecule has 0 aliphatic carbocycles. The van der Waals surface area contributed by atoms with Crippen molar-refractivity contribution in [1.29, 1.82) is 0 Å². The monoisotopic (exact) mass is 393 g/mol. The molecule has 0 fully saturated rings. The summed E-state index contributed by atoms with van der Waals surface area (Å²) in [4.78, 5) is 23.1. The number of fused-ring (bicyclic) bond motifs is 1. The van der Waals surface area contributed by atoms with Crippen LogP contribution >= 0.6 is 35.7 Å². The molecule has 3 N–H and O–H groups in total. The molecular weight excluding hydrogens is 378 g/mol. The van der Waals surface area contributed by atoms with Gasteiger partial charge in [-0.05, 0) is 32.4 Å². The number of anilines is 1. The minimum atomic E-state index is -1.24. The molecule has 0 saturated heterocycles. The lowest BCUT2D eigenvalue weighted by atomic mass is 9.85. The molecule has 0 aromatic heterocycles. The number of rotatable bonds is 2. The molecule has 0 saturated carbocycles. The number of thioether (sulfide) groups is 2. The predicted molar refractivity (Wildman–Crippen MR) is 106 cm³/mol. The Kier molecular flexibility index (Phi) is 4.47. The van der Waals surface area contributed by atoms with Crippen LogP contribution in [0.3, 0.4) is 0 Å². The molecule has 2 aliphatic rings. The Labute approximate surface area is 158 Å². The van der Waals surface area contributed by atoms with Gasteiger partial charge in [0.2, 0.25) is 0 Å². The van der Waals surface area contributed by atoms with Gasteiger partial charge in [-0.1, -0.05) is 47.9 Å². The number of nitrogens with one attached hydrogen (secondary N) is 1. The van der Waals surface area contributed by atoms with E-state index < -0.39 is 17.5 Å². The zero-order chi connectivity index (χ0) is 18.5. The smallest absolute Gasteiger partial charge is 0.344 e. The molecule has 1 aromatic rings. The molecule has 2 heterocycles. The van der Waals surface area contributed by atoms with Crippen LogP contribution in [0.25, 0.3) is 5.57 Å². The summed E-state index contributed by atoms with van der Waals surface area (Å²) >= 11 is 7.58. The van der Waals surface area contributed by atoms with Gasteiger partial charge in [0.1, 0.15) is 9.81 Å². The number of hydrogen-bond acceptors (Lipinski definition) is 6. The van der Waals surface area contributed by atoms with Crippen molar-refractivity contribution in [2.75, 3.05) is 5.32 Å². The maximum Gasteiger partial charge on any atom is 0.344 e. The minimum Gasteiger partial charge on any atom is -0.477 e. The molecule has 3 rings (SSSR count). The van der Waals surface area contributed by atoms with E-state index >= 15 is 0 Å². The van der Waals surface area contributed by atoms with E-state index in [4.69, 9.17) is 12.2 Å². The summed E-state index contributed by atoms with van der Waals surface area (Å²) in [7, 11) is 0. The van der Waals surface area contributed by atoms with Gasteiger partial charge in [0.25, 0.3) is 0 Å². The Morgan fingerprint density at radius 3 is 2.20 bits per heavy atom. The standard InChI is InChI=1S/C17H15NO4S3/c1-7-4-5-8-9(6-7)18-17(2,3)13(23)10(8)16-24-11(14(19)20)12(25-16)15(21)22/h4-6,18H,1-3H3,(H,19,20)(H,21,22). The van der Waals surface area contributed by atoms with Gasteiger partial charge in [-0.3, -0.25) is 0 Å². The van der Waals surface area contributed by atoms with Crippen molar-refractivity contribution < 1.29 is 19.8 Å². The van der Waals surface area contributed by atoms with Crippen LogP contribution in [0.1, 0.15) is 25.0 Å². The normalized spacial score (nSPS) is 18.9. The lowest BCUT2D eigenvalue weighted by molar-refractivity contribution is -0.134. The molecule has 25 heavy (non-hydrogen) atoms.